The van der Waals surface area contributed by atoms with Gasteiger partial charge in [-0.1, -0.05) is 38.4 Å². The van der Waals surface area contributed by atoms with Crippen molar-refractivity contribution in [2.45, 2.75) is 0 Å². The van der Waals surface area contributed by atoms with Gasteiger partial charge in [0.15, 0.2) is 0 Å². The molecule has 0 spiro atoms. The Bertz CT molecular complexity index is 768. The van der Waals surface area contributed by atoms with Gasteiger partial charge in [-0.05, 0) is 46.6 Å². The van der Waals surface area contributed by atoms with Crippen LogP contribution in [0.3, 0.4) is 0 Å². The molecule has 4 nitrogen and oxygen atoms in total. The average molecular weight is 376 g/mol. The Labute approximate surface area is 166 Å². The summed E-state index contributed by atoms with van der Waals surface area (Å²) in [4.78, 5) is 0. The summed E-state index contributed by atoms with van der Waals surface area (Å²) < 4.78 is 23.2. The molecule has 0 unspecified atom stereocenters. The largest absolute Gasteiger partial charge is 0.489 e. The van der Waals surface area contributed by atoms with Crippen LogP contribution in [0.2, 0.25) is 0 Å². The number of ether oxygens (including phenoxy) is 4. The van der Waals surface area contributed by atoms with Gasteiger partial charge in [-0.2, -0.15) is 0 Å². The van der Waals surface area contributed by atoms with E-state index in [1.54, 1.807) is 0 Å². The fourth-order valence-electron chi connectivity index (χ4n) is 2.40. The molecular weight excluding hydrogens is 352 g/mol. The molecule has 0 aromatic heterocycles. The van der Waals surface area contributed by atoms with Crippen LogP contribution in [0.25, 0.3) is 0 Å². The molecule has 0 saturated heterocycles. The quantitative estimate of drug-likeness (QED) is 0.638. The van der Waals surface area contributed by atoms with Gasteiger partial charge in [0, 0.05) is 12.1 Å². The van der Waals surface area contributed by atoms with Gasteiger partial charge in [-0.25, -0.2) is 0 Å². The van der Waals surface area contributed by atoms with Crippen molar-refractivity contribution in [2.24, 2.45) is 0 Å². The zero-order valence-corrected chi connectivity index (χ0v) is 15.9. The normalized spacial score (nSPS) is 16.0. The molecule has 1 aliphatic rings. The molecule has 4 heteroatoms. The van der Waals surface area contributed by atoms with E-state index in [0.29, 0.717) is 49.4 Å². The van der Waals surface area contributed by atoms with Gasteiger partial charge < -0.3 is 18.9 Å². The standard InChI is InChI=1S/C24H24O4/c1-17-13-25-21-7-5-9-23(11-21)27-15-19(3)20(4)16-28-24-10-6-8-22(12-24)26-14-18(17)2/h5-12H,1-4,13-16H2. The van der Waals surface area contributed by atoms with Gasteiger partial charge in [0.25, 0.3) is 0 Å². The molecular formula is C24H24O4. The molecule has 0 N–H and O–H groups in total. The zero-order valence-electron chi connectivity index (χ0n) is 15.9. The lowest BCUT2D eigenvalue weighted by molar-refractivity contribution is 0.317. The molecule has 144 valence electrons. The lowest BCUT2D eigenvalue weighted by atomic mass is 10.1. The molecule has 0 amide bonds. The van der Waals surface area contributed by atoms with E-state index >= 15 is 0 Å². The summed E-state index contributed by atoms with van der Waals surface area (Å²) in [5, 5.41) is 0. The molecule has 0 radical (unpaired) electrons. The highest BCUT2D eigenvalue weighted by Gasteiger charge is 2.08. The fourth-order valence-corrected chi connectivity index (χ4v) is 2.40. The maximum absolute atomic E-state index is 5.81. The summed E-state index contributed by atoms with van der Waals surface area (Å²) >= 11 is 0. The van der Waals surface area contributed by atoms with E-state index in [4.69, 9.17) is 18.9 Å². The van der Waals surface area contributed by atoms with E-state index in [2.05, 4.69) is 26.3 Å². The average Bonchev–Trinajstić information content (AvgIpc) is 2.72. The van der Waals surface area contributed by atoms with Crippen LogP contribution in [0.5, 0.6) is 23.0 Å². The molecule has 2 aromatic carbocycles. The van der Waals surface area contributed by atoms with Gasteiger partial charge >= 0.3 is 0 Å². The lowest BCUT2D eigenvalue weighted by Gasteiger charge is -2.16. The van der Waals surface area contributed by atoms with E-state index in [0.717, 1.165) is 22.3 Å². The van der Waals surface area contributed by atoms with Crippen molar-refractivity contribution in [1.82, 2.24) is 0 Å². The van der Waals surface area contributed by atoms with Crippen LogP contribution in [0, 0.1) is 0 Å². The third kappa shape index (κ3) is 5.30. The molecule has 0 atom stereocenters. The molecule has 0 aliphatic carbocycles. The SMILES string of the molecule is C=C1COc2cccc(c2)OCC(=C)C(=C)COc2cccc(c2)OCC1=C. The number of hydrogen-bond donors (Lipinski definition) is 0. The Morgan fingerprint density at radius 2 is 0.714 bits per heavy atom. The summed E-state index contributed by atoms with van der Waals surface area (Å²) in [7, 11) is 0. The zero-order chi connectivity index (χ0) is 19.9. The van der Waals surface area contributed by atoms with Gasteiger partial charge in [0.2, 0.25) is 0 Å². The van der Waals surface area contributed by atoms with Crippen LogP contribution in [0.1, 0.15) is 0 Å². The Morgan fingerprint density at radius 1 is 0.464 bits per heavy atom. The minimum absolute atomic E-state index is 0.318. The molecule has 3 rings (SSSR count). The summed E-state index contributed by atoms with van der Waals surface area (Å²) in [6, 6.07) is 14.9. The highest BCUT2D eigenvalue weighted by atomic mass is 16.5. The number of hydrogen-bond acceptors (Lipinski definition) is 4. The van der Waals surface area contributed by atoms with Crippen molar-refractivity contribution in [3.05, 3.63) is 97.1 Å². The first-order valence-electron chi connectivity index (χ1n) is 8.94. The minimum Gasteiger partial charge on any atom is -0.489 e. The Hall–Kier alpha value is -3.40. The summed E-state index contributed by atoms with van der Waals surface area (Å²) in [5.74, 6) is 2.76. The van der Waals surface area contributed by atoms with E-state index in [-0.39, 0.29) is 0 Å². The predicted octanol–water partition coefficient (Wildman–Crippen LogP) is 5.14. The van der Waals surface area contributed by atoms with E-state index in [9.17, 15) is 0 Å². The first-order valence-corrected chi connectivity index (χ1v) is 8.94. The van der Waals surface area contributed by atoms with Crippen molar-refractivity contribution in [1.29, 1.82) is 0 Å². The van der Waals surface area contributed by atoms with Crippen molar-refractivity contribution in [3.63, 3.8) is 0 Å². The van der Waals surface area contributed by atoms with Gasteiger partial charge in [0.1, 0.15) is 49.4 Å². The second-order valence-electron chi connectivity index (χ2n) is 6.52. The van der Waals surface area contributed by atoms with Crippen LogP contribution < -0.4 is 18.9 Å². The molecule has 4 bridgehead atoms. The van der Waals surface area contributed by atoms with E-state index in [1.807, 2.05) is 48.5 Å². The second-order valence-corrected chi connectivity index (χ2v) is 6.52. The van der Waals surface area contributed by atoms with Crippen LogP contribution >= 0.6 is 0 Å². The van der Waals surface area contributed by atoms with Crippen LogP contribution in [0.15, 0.2) is 97.1 Å². The summed E-state index contributed by atoms with van der Waals surface area (Å²) in [5.41, 5.74) is 3.07. The Morgan fingerprint density at radius 3 is 0.964 bits per heavy atom. The van der Waals surface area contributed by atoms with Crippen LogP contribution in [-0.2, 0) is 0 Å². The van der Waals surface area contributed by atoms with Gasteiger partial charge in [-0.3, -0.25) is 0 Å². The van der Waals surface area contributed by atoms with Gasteiger partial charge in [0.05, 0.1) is 0 Å². The smallest absolute Gasteiger partial charge is 0.123 e. The number of fused-ring (bicyclic) bond motifs is 4. The monoisotopic (exact) mass is 376 g/mol. The predicted molar refractivity (Wildman–Crippen MR) is 111 cm³/mol. The Kier molecular flexibility index (Phi) is 6.22. The molecule has 1 heterocycles. The van der Waals surface area contributed by atoms with Crippen LogP contribution in [-0.4, -0.2) is 26.4 Å². The highest BCUT2D eigenvalue weighted by Crippen LogP contribution is 2.24. The first kappa shape index (κ1) is 19.4. The van der Waals surface area contributed by atoms with Crippen LogP contribution in [0.4, 0.5) is 0 Å². The number of benzene rings is 2. The van der Waals surface area contributed by atoms with E-state index in [1.165, 1.54) is 0 Å². The summed E-state index contributed by atoms with van der Waals surface area (Å²) in [6.45, 7) is 17.4. The first-order chi connectivity index (χ1) is 13.5. The minimum atomic E-state index is 0.318. The van der Waals surface area contributed by atoms with Gasteiger partial charge in [-0.15, -0.1) is 0 Å². The molecule has 1 aliphatic heterocycles. The Balaban J connectivity index is 1.78. The second kappa shape index (κ2) is 9.00. The maximum atomic E-state index is 5.81. The maximum Gasteiger partial charge on any atom is 0.123 e. The topological polar surface area (TPSA) is 36.9 Å². The number of rotatable bonds is 0. The van der Waals surface area contributed by atoms with Crippen molar-refractivity contribution >= 4 is 0 Å². The van der Waals surface area contributed by atoms with Crippen molar-refractivity contribution in [2.75, 3.05) is 26.4 Å². The molecule has 0 saturated carbocycles. The van der Waals surface area contributed by atoms with Crippen molar-refractivity contribution in [3.8, 4) is 23.0 Å². The summed E-state index contributed by atoms with van der Waals surface area (Å²) in [6.07, 6.45) is 0. The molecule has 2 aromatic rings. The molecule has 28 heavy (non-hydrogen) atoms. The third-order valence-electron chi connectivity index (χ3n) is 4.26. The lowest BCUT2D eigenvalue weighted by Crippen LogP contribution is -2.10. The molecule has 0 fully saturated rings. The third-order valence-corrected chi connectivity index (χ3v) is 4.26. The van der Waals surface area contributed by atoms with Crippen molar-refractivity contribution < 1.29 is 18.9 Å². The fraction of sp³-hybridized carbons (Fsp3) is 0.167. The van der Waals surface area contributed by atoms with E-state index < -0.39 is 0 Å². The highest BCUT2D eigenvalue weighted by molar-refractivity contribution is 5.37.